The van der Waals surface area contributed by atoms with Crippen LogP contribution >= 0.6 is 11.6 Å². The second-order valence-corrected chi connectivity index (χ2v) is 7.55. The molecule has 0 unspecified atom stereocenters. The van der Waals surface area contributed by atoms with Crippen LogP contribution in [0.2, 0.25) is 5.02 Å². The first-order valence-electron chi connectivity index (χ1n) is 8.97. The fourth-order valence-corrected chi connectivity index (χ4v) is 3.99. The van der Waals surface area contributed by atoms with E-state index in [4.69, 9.17) is 16.3 Å². The number of benzene rings is 1. The van der Waals surface area contributed by atoms with Gasteiger partial charge >= 0.3 is 0 Å². The van der Waals surface area contributed by atoms with Gasteiger partial charge in [0.05, 0.1) is 13.2 Å². The number of hydrogen-bond donors (Lipinski definition) is 1. The summed E-state index contributed by atoms with van der Waals surface area (Å²) in [5.74, 6) is 0.128. The van der Waals surface area contributed by atoms with E-state index in [9.17, 15) is 9.59 Å². The molecule has 1 saturated heterocycles. The predicted octanol–water partition coefficient (Wildman–Crippen LogP) is 3.48. The molecule has 0 aromatic heterocycles. The molecule has 1 N–H and O–H groups in total. The molecule has 6 heteroatoms. The number of anilines is 1. The zero-order chi connectivity index (χ0) is 17.7. The van der Waals surface area contributed by atoms with E-state index >= 15 is 0 Å². The summed E-state index contributed by atoms with van der Waals surface area (Å²) >= 11 is 5.88. The van der Waals surface area contributed by atoms with Crippen LogP contribution in [-0.4, -0.2) is 43.0 Å². The molecule has 1 aliphatic heterocycles. The molecule has 1 aromatic carbocycles. The topological polar surface area (TPSA) is 58.6 Å². The lowest BCUT2D eigenvalue weighted by Gasteiger charge is -2.33. The molecule has 1 saturated carbocycles. The lowest BCUT2D eigenvalue weighted by atomic mass is 9.78. The van der Waals surface area contributed by atoms with Crippen molar-refractivity contribution < 1.29 is 14.3 Å². The second-order valence-electron chi connectivity index (χ2n) is 7.11. The van der Waals surface area contributed by atoms with Crippen LogP contribution in [0.25, 0.3) is 0 Å². The van der Waals surface area contributed by atoms with Crippen molar-refractivity contribution in [3.63, 3.8) is 0 Å². The smallest absolute Gasteiger partial charge is 0.224 e. The maximum absolute atomic E-state index is 12.7. The summed E-state index contributed by atoms with van der Waals surface area (Å²) in [5, 5.41) is 3.57. The average Bonchev–Trinajstić information content (AvgIpc) is 3.05. The number of amides is 2. The number of carbonyl (C=O) groups excluding carboxylic acids is 2. The number of morpholine rings is 1. The molecule has 5 nitrogen and oxygen atoms in total. The molecule has 0 bridgehead atoms. The minimum absolute atomic E-state index is 0.0287. The van der Waals surface area contributed by atoms with E-state index in [1.54, 1.807) is 24.3 Å². The van der Waals surface area contributed by atoms with Crippen molar-refractivity contribution in [2.45, 2.75) is 38.5 Å². The molecule has 2 fully saturated rings. The van der Waals surface area contributed by atoms with Gasteiger partial charge in [0, 0.05) is 36.6 Å². The van der Waals surface area contributed by atoms with Gasteiger partial charge in [-0.3, -0.25) is 9.59 Å². The Morgan fingerprint density at radius 1 is 1.08 bits per heavy atom. The zero-order valence-electron chi connectivity index (χ0n) is 14.4. The molecule has 25 heavy (non-hydrogen) atoms. The van der Waals surface area contributed by atoms with Gasteiger partial charge in [0.2, 0.25) is 11.8 Å². The molecule has 2 aliphatic rings. The van der Waals surface area contributed by atoms with E-state index in [1.165, 1.54) is 0 Å². The molecular formula is C19H25ClN2O3. The van der Waals surface area contributed by atoms with E-state index in [1.807, 2.05) is 4.90 Å². The van der Waals surface area contributed by atoms with Crippen LogP contribution in [-0.2, 0) is 14.3 Å². The van der Waals surface area contributed by atoms with E-state index in [0.717, 1.165) is 31.4 Å². The SMILES string of the molecule is O=C(CC1(CC(=O)N2CCOCC2)CCCC1)Nc1ccc(Cl)cc1. The highest BCUT2D eigenvalue weighted by Gasteiger charge is 2.39. The molecular weight excluding hydrogens is 340 g/mol. The Balaban J connectivity index is 1.60. The lowest BCUT2D eigenvalue weighted by molar-refractivity contribution is -0.138. The van der Waals surface area contributed by atoms with E-state index < -0.39 is 0 Å². The van der Waals surface area contributed by atoms with Crippen molar-refractivity contribution in [2.75, 3.05) is 31.6 Å². The van der Waals surface area contributed by atoms with Crippen LogP contribution < -0.4 is 5.32 Å². The maximum atomic E-state index is 12.7. The van der Waals surface area contributed by atoms with Crippen LogP contribution in [0.1, 0.15) is 38.5 Å². The van der Waals surface area contributed by atoms with Gasteiger partial charge in [0.1, 0.15) is 0 Å². The monoisotopic (exact) mass is 364 g/mol. The number of halogens is 1. The third-order valence-electron chi connectivity index (χ3n) is 5.22. The first-order valence-corrected chi connectivity index (χ1v) is 9.35. The van der Waals surface area contributed by atoms with Crippen LogP contribution in [0.15, 0.2) is 24.3 Å². The number of ether oxygens (including phenoxy) is 1. The number of carbonyl (C=O) groups is 2. The van der Waals surface area contributed by atoms with Crippen LogP contribution in [0.4, 0.5) is 5.69 Å². The molecule has 0 atom stereocenters. The number of nitrogens with zero attached hydrogens (tertiary/aromatic N) is 1. The lowest BCUT2D eigenvalue weighted by Crippen LogP contribution is -2.43. The van der Waals surface area contributed by atoms with Gasteiger partial charge < -0.3 is 15.0 Å². The molecule has 1 heterocycles. The summed E-state index contributed by atoms with van der Waals surface area (Å²) < 4.78 is 5.32. The van der Waals surface area contributed by atoms with Gasteiger partial charge in [0.25, 0.3) is 0 Å². The Labute approximate surface area is 153 Å². The number of rotatable bonds is 5. The van der Waals surface area contributed by atoms with Crippen LogP contribution in [0, 0.1) is 5.41 Å². The van der Waals surface area contributed by atoms with Crippen LogP contribution in [0.5, 0.6) is 0 Å². The normalized spacial score (nSPS) is 19.6. The Bertz CT molecular complexity index is 606. The molecule has 3 rings (SSSR count). The van der Waals surface area contributed by atoms with Gasteiger partial charge in [-0.15, -0.1) is 0 Å². The van der Waals surface area contributed by atoms with Crippen molar-refractivity contribution in [1.82, 2.24) is 4.90 Å². The molecule has 1 aromatic rings. The van der Waals surface area contributed by atoms with Gasteiger partial charge in [-0.05, 0) is 42.5 Å². The third kappa shape index (κ3) is 4.95. The predicted molar refractivity (Wildman–Crippen MR) is 97.6 cm³/mol. The minimum atomic E-state index is -0.202. The molecule has 0 radical (unpaired) electrons. The van der Waals surface area contributed by atoms with Crippen molar-refractivity contribution >= 4 is 29.1 Å². The molecule has 2 amide bonds. The maximum Gasteiger partial charge on any atom is 0.224 e. The first kappa shape index (κ1) is 18.2. The Kier molecular flexibility index (Phi) is 5.97. The van der Waals surface area contributed by atoms with Crippen LogP contribution in [0.3, 0.4) is 0 Å². The summed E-state index contributed by atoms with van der Waals surface area (Å²) in [4.78, 5) is 27.1. The Morgan fingerprint density at radius 3 is 2.36 bits per heavy atom. The Hall–Kier alpha value is -1.59. The van der Waals surface area contributed by atoms with E-state index in [0.29, 0.717) is 44.2 Å². The fourth-order valence-electron chi connectivity index (χ4n) is 3.87. The van der Waals surface area contributed by atoms with Crippen molar-refractivity contribution in [3.05, 3.63) is 29.3 Å². The highest BCUT2D eigenvalue weighted by Crippen LogP contribution is 2.44. The average molecular weight is 365 g/mol. The Morgan fingerprint density at radius 2 is 1.72 bits per heavy atom. The third-order valence-corrected chi connectivity index (χ3v) is 5.47. The largest absolute Gasteiger partial charge is 0.378 e. The summed E-state index contributed by atoms with van der Waals surface area (Å²) in [6.45, 7) is 2.53. The summed E-state index contributed by atoms with van der Waals surface area (Å²) in [7, 11) is 0. The van der Waals surface area contributed by atoms with Crippen molar-refractivity contribution in [3.8, 4) is 0 Å². The van der Waals surface area contributed by atoms with Crippen molar-refractivity contribution in [2.24, 2.45) is 5.41 Å². The first-order chi connectivity index (χ1) is 12.1. The summed E-state index contributed by atoms with van der Waals surface area (Å²) in [6, 6.07) is 7.09. The van der Waals surface area contributed by atoms with Gasteiger partial charge in [-0.2, -0.15) is 0 Å². The number of nitrogens with one attached hydrogen (secondary N) is 1. The highest BCUT2D eigenvalue weighted by molar-refractivity contribution is 6.30. The van der Waals surface area contributed by atoms with E-state index in [-0.39, 0.29) is 17.2 Å². The second kappa shape index (κ2) is 8.19. The highest BCUT2D eigenvalue weighted by atomic mass is 35.5. The van der Waals surface area contributed by atoms with Gasteiger partial charge in [0.15, 0.2) is 0 Å². The summed E-state index contributed by atoms with van der Waals surface area (Å²) in [6.07, 6.45) is 4.91. The fraction of sp³-hybridized carbons (Fsp3) is 0.579. The van der Waals surface area contributed by atoms with Gasteiger partial charge in [-0.25, -0.2) is 0 Å². The molecule has 136 valence electrons. The minimum Gasteiger partial charge on any atom is -0.378 e. The zero-order valence-corrected chi connectivity index (χ0v) is 15.2. The molecule has 1 aliphatic carbocycles. The summed E-state index contributed by atoms with van der Waals surface area (Å²) in [5.41, 5.74) is 0.536. The van der Waals surface area contributed by atoms with Gasteiger partial charge in [-0.1, -0.05) is 24.4 Å². The quantitative estimate of drug-likeness (QED) is 0.870. The number of hydrogen-bond acceptors (Lipinski definition) is 3. The molecule has 0 spiro atoms. The van der Waals surface area contributed by atoms with E-state index in [2.05, 4.69) is 5.32 Å². The van der Waals surface area contributed by atoms with Crippen molar-refractivity contribution in [1.29, 1.82) is 0 Å². The standard InChI is InChI=1S/C19H25ClN2O3/c20-15-3-5-16(6-4-15)21-17(23)13-19(7-1-2-8-19)14-18(24)22-9-11-25-12-10-22/h3-6H,1-2,7-14H2,(H,21,23).